The predicted octanol–water partition coefficient (Wildman–Crippen LogP) is 0.962. The molecule has 0 saturated heterocycles. The summed E-state index contributed by atoms with van der Waals surface area (Å²) >= 11 is 0. The van der Waals surface area contributed by atoms with Crippen LogP contribution in [0, 0.1) is 12.3 Å². The Morgan fingerprint density at radius 1 is 1.22 bits per heavy atom. The van der Waals surface area contributed by atoms with Gasteiger partial charge in [-0.2, -0.15) is 0 Å². The van der Waals surface area contributed by atoms with Crippen LogP contribution in [0.4, 0.5) is 0 Å². The molecule has 1 rings (SSSR count). The summed E-state index contributed by atoms with van der Waals surface area (Å²) in [6.07, 6.45) is 4.97. The van der Waals surface area contributed by atoms with Crippen molar-refractivity contribution < 1.29 is 19.0 Å². The summed E-state index contributed by atoms with van der Waals surface area (Å²) in [4.78, 5) is 11.0. The Morgan fingerprint density at radius 2 is 1.89 bits per heavy atom. The Kier molecular flexibility index (Phi) is 4.88. The van der Waals surface area contributed by atoms with Crippen molar-refractivity contribution in [2.75, 3.05) is 21.3 Å². The fourth-order valence-electron chi connectivity index (χ4n) is 1.53. The molecule has 18 heavy (non-hydrogen) atoms. The average Bonchev–Trinajstić information content (AvgIpc) is 2.43. The van der Waals surface area contributed by atoms with Crippen LogP contribution in [-0.4, -0.2) is 27.2 Å². The number of terminal acetylenes is 1. The number of methoxy groups -OCH3 is 3. The first kappa shape index (κ1) is 13.7. The zero-order valence-electron chi connectivity index (χ0n) is 10.6. The van der Waals surface area contributed by atoms with E-state index in [2.05, 4.69) is 5.32 Å². The second kappa shape index (κ2) is 6.40. The number of rotatable bonds is 5. The Labute approximate surface area is 106 Å². The first-order valence-corrected chi connectivity index (χ1v) is 5.20. The molecular weight excluding hydrogens is 234 g/mol. The standard InChI is InChI=1S/C13H15NO4/c1-5-11(15)14-8-9-6-7-10(16-2)13(18-4)12(9)17-3/h1,6-7H,8H2,2-4H3,(H,14,15). The Bertz CT molecular complexity index is 477. The van der Waals surface area contributed by atoms with Crippen LogP contribution in [0.15, 0.2) is 12.1 Å². The first-order valence-electron chi connectivity index (χ1n) is 5.20. The zero-order chi connectivity index (χ0) is 13.5. The van der Waals surface area contributed by atoms with Crippen molar-refractivity contribution in [1.82, 2.24) is 5.32 Å². The highest BCUT2D eigenvalue weighted by atomic mass is 16.5. The van der Waals surface area contributed by atoms with Crippen molar-refractivity contribution in [2.24, 2.45) is 0 Å². The molecule has 5 heteroatoms. The van der Waals surface area contributed by atoms with E-state index in [9.17, 15) is 4.79 Å². The molecular formula is C13H15NO4. The van der Waals surface area contributed by atoms with E-state index in [-0.39, 0.29) is 6.54 Å². The summed E-state index contributed by atoms with van der Waals surface area (Å²) in [6.45, 7) is 0.257. The molecule has 0 aliphatic heterocycles. The van der Waals surface area contributed by atoms with E-state index >= 15 is 0 Å². The normalized spacial score (nSPS) is 9.22. The van der Waals surface area contributed by atoms with E-state index in [1.54, 1.807) is 12.1 Å². The van der Waals surface area contributed by atoms with Gasteiger partial charge in [0.15, 0.2) is 11.5 Å². The third-order valence-electron chi connectivity index (χ3n) is 2.36. The average molecular weight is 249 g/mol. The molecule has 0 saturated carbocycles. The highest BCUT2D eigenvalue weighted by Gasteiger charge is 2.15. The molecule has 0 atom stereocenters. The van der Waals surface area contributed by atoms with E-state index in [0.29, 0.717) is 17.2 Å². The molecule has 1 N–H and O–H groups in total. The Balaban J connectivity index is 3.06. The van der Waals surface area contributed by atoms with Gasteiger partial charge in [0.1, 0.15) is 0 Å². The van der Waals surface area contributed by atoms with Crippen LogP contribution in [0.3, 0.4) is 0 Å². The number of ether oxygens (including phenoxy) is 3. The quantitative estimate of drug-likeness (QED) is 0.790. The second-order valence-electron chi connectivity index (χ2n) is 3.32. The molecule has 1 amide bonds. The first-order chi connectivity index (χ1) is 8.67. The number of nitrogens with one attached hydrogen (secondary N) is 1. The molecule has 0 aliphatic rings. The van der Waals surface area contributed by atoms with E-state index in [4.69, 9.17) is 20.6 Å². The predicted molar refractivity (Wildman–Crippen MR) is 66.8 cm³/mol. The molecule has 0 unspecified atom stereocenters. The van der Waals surface area contributed by atoms with Gasteiger partial charge in [0.25, 0.3) is 5.91 Å². The topological polar surface area (TPSA) is 56.8 Å². The van der Waals surface area contributed by atoms with Crippen molar-refractivity contribution in [3.63, 3.8) is 0 Å². The molecule has 0 heterocycles. The number of benzene rings is 1. The van der Waals surface area contributed by atoms with Crippen molar-refractivity contribution in [3.8, 4) is 29.6 Å². The van der Waals surface area contributed by atoms with Gasteiger partial charge in [-0.1, -0.05) is 0 Å². The summed E-state index contributed by atoms with van der Waals surface area (Å²) in [7, 11) is 4.57. The number of carbonyl (C=O) groups excluding carboxylic acids is 1. The monoisotopic (exact) mass is 249 g/mol. The lowest BCUT2D eigenvalue weighted by Crippen LogP contribution is -2.21. The van der Waals surface area contributed by atoms with E-state index in [1.165, 1.54) is 21.3 Å². The van der Waals surface area contributed by atoms with E-state index < -0.39 is 5.91 Å². The highest BCUT2D eigenvalue weighted by molar-refractivity contribution is 5.92. The maximum atomic E-state index is 11.0. The Hall–Kier alpha value is -2.35. The number of carbonyl (C=O) groups is 1. The largest absolute Gasteiger partial charge is 0.493 e. The molecule has 5 nitrogen and oxygen atoms in total. The SMILES string of the molecule is C#CC(=O)NCc1ccc(OC)c(OC)c1OC. The summed E-state index contributed by atoms with van der Waals surface area (Å²) < 4.78 is 15.7. The fraction of sp³-hybridized carbons (Fsp3) is 0.308. The van der Waals surface area contributed by atoms with Crippen LogP contribution in [0.2, 0.25) is 0 Å². The highest BCUT2D eigenvalue weighted by Crippen LogP contribution is 2.39. The lowest BCUT2D eigenvalue weighted by Gasteiger charge is -2.15. The molecule has 96 valence electrons. The number of amides is 1. The van der Waals surface area contributed by atoms with Crippen molar-refractivity contribution in [3.05, 3.63) is 17.7 Å². The summed E-state index contributed by atoms with van der Waals surface area (Å²) in [6, 6.07) is 3.51. The minimum atomic E-state index is -0.480. The van der Waals surface area contributed by atoms with E-state index in [1.807, 2.05) is 5.92 Å². The van der Waals surface area contributed by atoms with Gasteiger partial charge in [-0.05, 0) is 18.1 Å². The zero-order valence-corrected chi connectivity index (χ0v) is 10.6. The molecule has 0 aliphatic carbocycles. The van der Waals surface area contributed by atoms with Gasteiger partial charge >= 0.3 is 0 Å². The lowest BCUT2D eigenvalue weighted by molar-refractivity contribution is -0.115. The third kappa shape index (κ3) is 2.86. The van der Waals surface area contributed by atoms with Gasteiger partial charge in [-0.25, -0.2) is 0 Å². The minimum absolute atomic E-state index is 0.257. The van der Waals surface area contributed by atoms with Crippen LogP contribution in [0.25, 0.3) is 0 Å². The van der Waals surface area contributed by atoms with Crippen molar-refractivity contribution in [1.29, 1.82) is 0 Å². The second-order valence-corrected chi connectivity index (χ2v) is 3.32. The molecule has 1 aromatic rings. The van der Waals surface area contributed by atoms with Crippen LogP contribution >= 0.6 is 0 Å². The van der Waals surface area contributed by atoms with Gasteiger partial charge in [-0.15, -0.1) is 6.42 Å². The summed E-state index contributed by atoms with van der Waals surface area (Å²) in [5.74, 6) is 3.04. The molecule has 1 aromatic carbocycles. The van der Waals surface area contributed by atoms with Gasteiger partial charge in [0.2, 0.25) is 5.75 Å². The van der Waals surface area contributed by atoms with Crippen LogP contribution in [0.5, 0.6) is 17.2 Å². The van der Waals surface area contributed by atoms with Gasteiger partial charge in [0.05, 0.1) is 21.3 Å². The van der Waals surface area contributed by atoms with Crippen LogP contribution in [-0.2, 0) is 11.3 Å². The van der Waals surface area contributed by atoms with Crippen molar-refractivity contribution >= 4 is 5.91 Å². The van der Waals surface area contributed by atoms with Crippen LogP contribution in [0.1, 0.15) is 5.56 Å². The minimum Gasteiger partial charge on any atom is -0.493 e. The third-order valence-corrected chi connectivity index (χ3v) is 2.36. The van der Waals surface area contributed by atoms with Crippen molar-refractivity contribution in [2.45, 2.75) is 6.54 Å². The smallest absolute Gasteiger partial charge is 0.295 e. The summed E-state index contributed by atoms with van der Waals surface area (Å²) in [5, 5.41) is 2.56. The Morgan fingerprint density at radius 3 is 2.39 bits per heavy atom. The maximum absolute atomic E-state index is 11.0. The fourth-order valence-corrected chi connectivity index (χ4v) is 1.53. The number of hydrogen-bond acceptors (Lipinski definition) is 4. The molecule has 0 fully saturated rings. The van der Waals surface area contributed by atoms with Gasteiger partial charge in [0, 0.05) is 12.1 Å². The molecule has 0 aromatic heterocycles. The summed E-state index contributed by atoms with van der Waals surface area (Å²) in [5.41, 5.74) is 0.749. The van der Waals surface area contributed by atoms with Gasteiger partial charge < -0.3 is 19.5 Å². The molecule has 0 spiro atoms. The maximum Gasteiger partial charge on any atom is 0.295 e. The van der Waals surface area contributed by atoms with E-state index in [0.717, 1.165) is 5.56 Å². The lowest BCUT2D eigenvalue weighted by atomic mass is 10.1. The molecule has 0 bridgehead atoms. The number of hydrogen-bond donors (Lipinski definition) is 1. The molecule has 0 radical (unpaired) electrons. The van der Waals surface area contributed by atoms with Crippen LogP contribution < -0.4 is 19.5 Å². The van der Waals surface area contributed by atoms with Gasteiger partial charge in [-0.3, -0.25) is 4.79 Å².